The number of carbonyl (C=O) groups excluding carboxylic acids is 1. The van der Waals surface area contributed by atoms with E-state index >= 15 is 0 Å². The Morgan fingerprint density at radius 1 is 1.19 bits per heavy atom. The molecule has 1 amide bonds. The van der Waals surface area contributed by atoms with Crippen LogP contribution in [0.5, 0.6) is 0 Å². The lowest BCUT2D eigenvalue weighted by Crippen LogP contribution is -2.39. The molecule has 1 atom stereocenters. The van der Waals surface area contributed by atoms with Crippen molar-refractivity contribution in [2.24, 2.45) is 5.92 Å². The smallest absolute Gasteiger partial charge is 0.228 e. The van der Waals surface area contributed by atoms with Gasteiger partial charge in [-0.3, -0.25) is 14.8 Å². The molecule has 4 rings (SSSR count). The Balaban J connectivity index is 1.44. The first-order valence-corrected chi connectivity index (χ1v) is 10.7. The fourth-order valence-electron chi connectivity index (χ4n) is 4.07. The molecular weight excluding hydrogens is 392 g/mol. The van der Waals surface area contributed by atoms with E-state index < -0.39 is 5.60 Å². The molecule has 0 saturated carbocycles. The van der Waals surface area contributed by atoms with Crippen molar-refractivity contribution < 1.29 is 9.90 Å². The molecule has 162 valence electrons. The molecule has 1 saturated heterocycles. The zero-order valence-corrected chi connectivity index (χ0v) is 18.0. The van der Waals surface area contributed by atoms with Crippen LogP contribution in [-0.2, 0) is 4.79 Å². The van der Waals surface area contributed by atoms with Gasteiger partial charge in [-0.2, -0.15) is 0 Å². The molecule has 0 aliphatic carbocycles. The summed E-state index contributed by atoms with van der Waals surface area (Å²) in [5.41, 5.74) is 1.73. The van der Waals surface area contributed by atoms with Crippen LogP contribution >= 0.6 is 0 Å². The van der Waals surface area contributed by atoms with Crippen molar-refractivity contribution >= 4 is 22.6 Å². The highest BCUT2D eigenvalue weighted by Gasteiger charge is 2.26. The number of fused-ring (bicyclic) bond motifs is 1. The summed E-state index contributed by atoms with van der Waals surface area (Å²) in [5, 5.41) is 22.3. The summed E-state index contributed by atoms with van der Waals surface area (Å²) in [5.74, 6) is 0.352. The maximum absolute atomic E-state index is 12.9. The minimum Gasteiger partial charge on any atom is -0.389 e. The molecule has 2 aromatic heterocycles. The minimum atomic E-state index is -0.729. The number of nitrogens with zero attached hydrogens (tertiary/aromatic N) is 5. The second-order valence-corrected chi connectivity index (χ2v) is 8.80. The Bertz CT molecular complexity index is 1050. The summed E-state index contributed by atoms with van der Waals surface area (Å²) in [6.45, 7) is 5.94. The van der Waals surface area contributed by atoms with Crippen molar-refractivity contribution in [2.75, 3.05) is 25.0 Å². The summed E-state index contributed by atoms with van der Waals surface area (Å²) < 4.78 is 0. The first-order chi connectivity index (χ1) is 14.9. The lowest BCUT2D eigenvalue weighted by molar-refractivity contribution is -0.120. The van der Waals surface area contributed by atoms with Gasteiger partial charge in [0, 0.05) is 35.8 Å². The average Bonchev–Trinajstić information content (AvgIpc) is 2.98. The SMILES string of the molecule is CC(C)(O)CN1CCCC(C(=O)Nc2cc3cc(-c4cnccn4)ccc3nn2)CC1. The zero-order chi connectivity index (χ0) is 21.8. The quantitative estimate of drug-likeness (QED) is 0.654. The van der Waals surface area contributed by atoms with Gasteiger partial charge in [-0.1, -0.05) is 6.07 Å². The fourth-order valence-corrected chi connectivity index (χ4v) is 4.07. The van der Waals surface area contributed by atoms with E-state index in [-0.39, 0.29) is 11.8 Å². The molecule has 3 aromatic rings. The molecule has 2 N–H and O–H groups in total. The minimum absolute atomic E-state index is 0.0242. The predicted octanol–water partition coefficient (Wildman–Crippen LogP) is 2.90. The lowest BCUT2D eigenvalue weighted by atomic mass is 10.00. The second kappa shape index (κ2) is 9.03. The summed E-state index contributed by atoms with van der Waals surface area (Å²) in [7, 11) is 0. The van der Waals surface area contributed by atoms with Gasteiger partial charge < -0.3 is 15.3 Å². The van der Waals surface area contributed by atoms with Gasteiger partial charge >= 0.3 is 0 Å². The molecule has 0 radical (unpaired) electrons. The van der Waals surface area contributed by atoms with E-state index in [1.165, 1.54) is 0 Å². The highest BCUT2D eigenvalue weighted by Crippen LogP contribution is 2.24. The number of carbonyl (C=O) groups is 1. The third-order valence-electron chi connectivity index (χ3n) is 5.50. The molecule has 0 bridgehead atoms. The van der Waals surface area contributed by atoms with E-state index in [0.29, 0.717) is 12.4 Å². The number of benzene rings is 1. The van der Waals surface area contributed by atoms with Gasteiger partial charge in [-0.25, -0.2) is 0 Å². The lowest BCUT2D eigenvalue weighted by Gasteiger charge is -2.27. The molecular formula is C23H28N6O2. The Hall–Kier alpha value is -2.97. The molecule has 0 spiro atoms. The van der Waals surface area contributed by atoms with Gasteiger partial charge in [0.05, 0.1) is 23.0 Å². The van der Waals surface area contributed by atoms with E-state index in [4.69, 9.17) is 0 Å². The monoisotopic (exact) mass is 420 g/mol. The molecule has 31 heavy (non-hydrogen) atoms. The van der Waals surface area contributed by atoms with Gasteiger partial charge in [-0.05, 0) is 64.4 Å². The Labute approximate surface area is 181 Å². The standard InChI is InChI=1S/C23H28N6O2/c1-23(2,31)15-29-10-3-4-16(7-11-29)22(30)26-21-13-18-12-17(5-6-19(18)27-28-21)20-14-24-8-9-25-20/h5-6,8-9,12-14,16,31H,3-4,7,10-11,15H2,1-2H3,(H,26,28,30). The molecule has 3 heterocycles. The first kappa shape index (κ1) is 21.3. The van der Waals surface area contributed by atoms with Gasteiger partial charge in [0.1, 0.15) is 0 Å². The van der Waals surface area contributed by atoms with Crippen molar-refractivity contribution in [1.82, 2.24) is 25.1 Å². The van der Waals surface area contributed by atoms with E-state index in [9.17, 15) is 9.90 Å². The average molecular weight is 421 g/mol. The van der Waals surface area contributed by atoms with E-state index in [1.807, 2.05) is 38.1 Å². The zero-order valence-electron chi connectivity index (χ0n) is 18.0. The topological polar surface area (TPSA) is 104 Å². The molecule has 1 fully saturated rings. The van der Waals surface area contributed by atoms with Crippen LogP contribution in [0.3, 0.4) is 0 Å². The van der Waals surface area contributed by atoms with Crippen LogP contribution in [-0.4, -0.2) is 61.3 Å². The number of hydrogen-bond acceptors (Lipinski definition) is 7. The van der Waals surface area contributed by atoms with Crippen LogP contribution in [0.1, 0.15) is 33.1 Å². The number of hydrogen-bond donors (Lipinski definition) is 2. The highest BCUT2D eigenvalue weighted by atomic mass is 16.3. The number of aliphatic hydroxyl groups is 1. The number of likely N-dealkylation sites (tertiary alicyclic amines) is 1. The van der Waals surface area contributed by atoms with Crippen LogP contribution in [0.4, 0.5) is 5.82 Å². The maximum atomic E-state index is 12.9. The molecule has 1 unspecified atom stereocenters. The number of nitrogens with one attached hydrogen (secondary N) is 1. The number of aromatic nitrogens is 4. The van der Waals surface area contributed by atoms with E-state index in [1.54, 1.807) is 18.6 Å². The molecule has 8 heteroatoms. The van der Waals surface area contributed by atoms with Crippen molar-refractivity contribution in [3.05, 3.63) is 42.9 Å². The number of anilines is 1. The van der Waals surface area contributed by atoms with Crippen LogP contribution in [0.15, 0.2) is 42.9 Å². The van der Waals surface area contributed by atoms with E-state index in [0.717, 1.165) is 54.5 Å². The predicted molar refractivity (Wildman–Crippen MR) is 119 cm³/mol. The van der Waals surface area contributed by atoms with Gasteiger partial charge in [0.2, 0.25) is 5.91 Å². The Morgan fingerprint density at radius 2 is 2.06 bits per heavy atom. The molecule has 1 aliphatic rings. The highest BCUT2D eigenvalue weighted by molar-refractivity contribution is 5.94. The van der Waals surface area contributed by atoms with Crippen molar-refractivity contribution in [1.29, 1.82) is 0 Å². The molecule has 1 aliphatic heterocycles. The summed E-state index contributed by atoms with van der Waals surface area (Å²) in [4.78, 5) is 23.6. The molecule has 1 aromatic carbocycles. The van der Waals surface area contributed by atoms with Crippen molar-refractivity contribution in [2.45, 2.75) is 38.7 Å². The van der Waals surface area contributed by atoms with Gasteiger partial charge in [-0.15, -0.1) is 10.2 Å². The summed E-state index contributed by atoms with van der Waals surface area (Å²) >= 11 is 0. The van der Waals surface area contributed by atoms with Crippen LogP contribution in [0.25, 0.3) is 22.2 Å². The van der Waals surface area contributed by atoms with Crippen LogP contribution < -0.4 is 5.32 Å². The maximum Gasteiger partial charge on any atom is 0.228 e. The van der Waals surface area contributed by atoms with E-state index in [2.05, 4.69) is 30.4 Å². The second-order valence-electron chi connectivity index (χ2n) is 8.80. The first-order valence-electron chi connectivity index (χ1n) is 10.7. The third-order valence-corrected chi connectivity index (χ3v) is 5.50. The van der Waals surface area contributed by atoms with Gasteiger partial charge in [0.25, 0.3) is 0 Å². The normalized spacial score (nSPS) is 18.0. The number of β-amino-alcohol motifs (C(OH)–C–C–N with tert-alkyl or cyclic N) is 1. The number of amides is 1. The van der Waals surface area contributed by atoms with Crippen molar-refractivity contribution in [3.63, 3.8) is 0 Å². The van der Waals surface area contributed by atoms with Crippen molar-refractivity contribution in [3.8, 4) is 11.3 Å². The number of rotatable bonds is 5. The Kier molecular flexibility index (Phi) is 6.20. The fraction of sp³-hybridized carbons (Fsp3) is 0.435. The summed E-state index contributed by atoms with van der Waals surface area (Å²) in [6.07, 6.45) is 7.53. The third kappa shape index (κ3) is 5.59. The summed E-state index contributed by atoms with van der Waals surface area (Å²) in [6, 6.07) is 7.64. The largest absolute Gasteiger partial charge is 0.389 e. The van der Waals surface area contributed by atoms with Gasteiger partial charge in [0.15, 0.2) is 5.82 Å². The Morgan fingerprint density at radius 3 is 2.84 bits per heavy atom. The van der Waals surface area contributed by atoms with Crippen LogP contribution in [0, 0.1) is 5.92 Å². The molecule has 8 nitrogen and oxygen atoms in total. The van der Waals surface area contributed by atoms with Crippen LogP contribution in [0.2, 0.25) is 0 Å².